The van der Waals surface area contributed by atoms with Crippen molar-refractivity contribution < 1.29 is 27.5 Å². The summed E-state index contributed by atoms with van der Waals surface area (Å²) in [5.41, 5.74) is -0.00366. The maximum atomic E-state index is 13.1. The zero-order valence-corrected chi connectivity index (χ0v) is 20.4. The van der Waals surface area contributed by atoms with Crippen LogP contribution in [0.15, 0.2) is 28.0 Å². The van der Waals surface area contributed by atoms with E-state index < -0.39 is 32.9 Å². The Balaban J connectivity index is 1.99. The fourth-order valence-electron chi connectivity index (χ4n) is 3.85. The first-order valence-corrected chi connectivity index (χ1v) is 12.6. The van der Waals surface area contributed by atoms with Crippen LogP contribution in [0.3, 0.4) is 0 Å². The average Bonchev–Trinajstić information content (AvgIpc) is 2.70. The van der Waals surface area contributed by atoms with Crippen LogP contribution >= 0.6 is 0 Å². The number of amides is 1. The Morgan fingerprint density at radius 3 is 2.58 bits per heavy atom. The highest BCUT2D eigenvalue weighted by molar-refractivity contribution is 7.91. The molecule has 1 atom stereocenters. The zero-order valence-electron chi connectivity index (χ0n) is 19.6. The van der Waals surface area contributed by atoms with Gasteiger partial charge in [-0.3, -0.25) is 4.79 Å². The molecule has 1 unspecified atom stereocenters. The molecule has 2 heterocycles. The van der Waals surface area contributed by atoms with Gasteiger partial charge in [0, 0.05) is 24.2 Å². The van der Waals surface area contributed by atoms with Gasteiger partial charge in [0.2, 0.25) is 5.43 Å². The number of esters is 1. The third kappa shape index (κ3) is 5.38. The van der Waals surface area contributed by atoms with E-state index in [-0.39, 0.29) is 40.8 Å². The molecule has 2 aromatic rings. The molecule has 33 heavy (non-hydrogen) atoms. The molecule has 0 spiro atoms. The van der Waals surface area contributed by atoms with Gasteiger partial charge < -0.3 is 19.4 Å². The minimum absolute atomic E-state index is 0.0183. The Morgan fingerprint density at radius 2 is 1.94 bits per heavy atom. The first-order valence-electron chi connectivity index (χ1n) is 10.9. The van der Waals surface area contributed by atoms with Crippen LogP contribution in [-0.4, -0.2) is 49.6 Å². The Kier molecular flexibility index (Phi) is 6.88. The van der Waals surface area contributed by atoms with E-state index >= 15 is 0 Å². The van der Waals surface area contributed by atoms with Crippen LogP contribution in [0.25, 0.3) is 10.9 Å². The normalized spacial score (nSPS) is 15.8. The summed E-state index contributed by atoms with van der Waals surface area (Å²) >= 11 is 0. The smallest absolute Gasteiger partial charge is 0.407 e. The molecule has 1 aromatic heterocycles. The molecule has 180 valence electrons. The van der Waals surface area contributed by atoms with E-state index in [1.807, 2.05) is 11.5 Å². The van der Waals surface area contributed by atoms with E-state index in [4.69, 9.17) is 9.47 Å². The van der Waals surface area contributed by atoms with Crippen molar-refractivity contribution in [1.29, 1.82) is 0 Å². The Labute approximate surface area is 193 Å². The molecule has 1 aliphatic heterocycles. The SMILES string of the molecule is CCOC(=O)c1cn2c3c(cc(S(=O)(=O)CCNC(=O)OC(C)(C)C)cc3c1=O)CCC2C. The Morgan fingerprint density at radius 1 is 1.24 bits per heavy atom. The van der Waals surface area contributed by atoms with Crippen molar-refractivity contribution >= 4 is 32.8 Å². The second-order valence-corrected chi connectivity index (χ2v) is 11.2. The maximum Gasteiger partial charge on any atom is 0.407 e. The highest BCUT2D eigenvalue weighted by Gasteiger charge is 2.26. The summed E-state index contributed by atoms with van der Waals surface area (Å²) in [7, 11) is -3.82. The van der Waals surface area contributed by atoms with Crippen LogP contribution in [0.2, 0.25) is 0 Å². The van der Waals surface area contributed by atoms with E-state index in [2.05, 4.69) is 5.32 Å². The molecule has 0 aliphatic carbocycles. The van der Waals surface area contributed by atoms with E-state index in [9.17, 15) is 22.8 Å². The van der Waals surface area contributed by atoms with Crippen molar-refractivity contribution in [3.63, 3.8) is 0 Å². The number of benzene rings is 1. The van der Waals surface area contributed by atoms with E-state index in [1.54, 1.807) is 33.8 Å². The monoisotopic (exact) mass is 478 g/mol. The lowest BCUT2D eigenvalue weighted by molar-refractivity contribution is 0.0516. The molecule has 0 radical (unpaired) electrons. The molecule has 1 aromatic carbocycles. The molecule has 0 saturated heterocycles. The summed E-state index contributed by atoms with van der Waals surface area (Å²) in [6.07, 6.45) is 2.14. The van der Waals surface area contributed by atoms with E-state index in [0.29, 0.717) is 11.9 Å². The number of carbonyl (C=O) groups is 2. The van der Waals surface area contributed by atoms with Crippen molar-refractivity contribution in [1.82, 2.24) is 9.88 Å². The quantitative estimate of drug-likeness (QED) is 0.634. The van der Waals surface area contributed by atoms with Gasteiger partial charge in [-0.15, -0.1) is 0 Å². The standard InChI is InChI=1S/C23H30N2O7S/c1-6-31-21(27)18-13-25-14(2)7-8-15-11-16(12-17(19(15)25)20(18)26)33(29,30)10-9-24-22(28)32-23(3,4)5/h11-14H,6-10H2,1-5H3,(H,24,28). The summed E-state index contributed by atoms with van der Waals surface area (Å²) in [6, 6.07) is 2.94. The van der Waals surface area contributed by atoms with Crippen LogP contribution < -0.4 is 10.7 Å². The highest BCUT2D eigenvalue weighted by Crippen LogP contribution is 2.32. The molecule has 0 bridgehead atoms. The van der Waals surface area contributed by atoms with E-state index in [1.165, 1.54) is 12.3 Å². The van der Waals surface area contributed by atoms with Gasteiger partial charge in [-0.1, -0.05) is 0 Å². The molecule has 9 nitrogen and oxygen atoms in total. The number of hydrogen-bond acceptors (Lipinski definition) is 7. The molecule has 0 fully saturated rings. The van der Waals surface area contributed by atoms with Crippen molar-refractivity contribution in [2.75, 3.05) is 18.9 Å². The maximum absolute atomic E-state index is 13.1. The Bertz CT molecular complexity index is 1260. The number of nitrogens with zero attached hydrogens (tertiary/aromatic N) is 1. The van der Waals surface area contributed by atoms with Gasteiger partial charge in [0.15, 0.2) is 9.84 Å². The van der Waals surface area contributed by atoms with Crippen LogP contribution in [0.1, 0.15) is 63.0 Å². The average molecular weight is 479 g/mol. The lowest BCUT2D eigenvalue weighted by Gasteiger charge is -2.27. The predicted octanol–water partition coefficient (Wildman–Crippen LogP) is 2.98. The predicted molar refractivity (Wildman–Crippen MR) is 123 cm³/mol. The molecule has 1 N–H and O–H groups in total. The number of aryl methyl sites for hydroxylation is 1. The summed E-state index contributed by atoms with van der Waals surface area (Å²) < 4.78 is 38.0. The fourth-order valence-corrected chi connectivity index (χ4v) is 5.07. The molecule has 10 heteroatoms. The number of sulfone groups is 1. The van der Waals surface area contributed by atoms with E-state index in [0.717, 1.165) is 12.0 Å². The second-order valence-electron chi connectivity index (χ2n) is 9.11. The van der Waals surface area contributed by atoms with Crippen molar-refractivity contribution in [3.8, 4) is 0 Å². The summed E-state index contributed by atoms with van der Waals surface area (Å²) in [4.78, 5) is 37.3. The number of alkyl carbamates (subject to hydrolysis) is 1. The van der Waals surface area contributed by atoms with Gasteiger partial charge in [0.1, 0.15) is 11.2 Å². The topological polar surface area (TPSA) is 121 Å². The van der Waals surface area contributed by atoms with Gasteiger partial charge in [0.25, 0.3) is 0 Å². The minimum Gasteiger partial charge on any atom is -0.462 e. The van der Waals surface area contributed by atoms with Crippen LogP contribution in [0.4, 0.5) is 4.79 Å². The number of pyridine rings is 1. The lowest BCUT2D eigenvalue weighted by atomic mass is 9.96. The molecule has 1 amide bonds. The minimum atomic E-state index is -3.82. The number of rotatable bonds is 6. The molecule has 3 rings (SSSR count). The summed E-state index contributed by atoms with van der Waals surface area (Å²) in [5, 5.41) is 2.61. The summed E-state index contributed by atoms with van der Waals surface area (Å²) in [6.45, 7) is 8.74. The molecule has 1 aliphatic rings. The first-order chi connectivity index (χ1) is 15.3. The van der Waals surface area contributed by atoms with Gasteiger partial charge in [-0.05, 0) is 65.2 Å². The second kappa shape index (κ2) is 9.17. The fraction of sp³-hybridized carbons (Fsp3) is 0.522. The Hall–Kier alpha value is -2.88. The van der Waals surface area contributed by atoms with Crippen molar-refractivity contribution in [2.45, 2.75) is 64.0 Å². The van der Waals surface area contributed by atoms with Gasteiger partial charge in [-0.2, -0.15) is 0 Å². The number of nitrogens with one attached hydrogen (secondary N) is 1. The zero-order chi connectivity index (χ0) is 24.6. The van der Waals surface area contributed by atoms with Crippen LogP contribution in [0.5, 0.6) is 0 Å². The molecular weight excluding hydrogens is 448 g/mol. The van der Waals surface area contributed by atoms with Crippen molar-refractivity contribution in [2.24, 2.45) is 0 Å². The number of aromatic nitrogens is 1. The summed E-state index contributed by atoms with van der Waals surface area (Å²) in [5.74, 6) is -1.10. The number of ether oxygens (including phenoxy) is 2. The molecular formula is C23H30N2O7S. The van der Waals surface area contributed by atoms with Crippen LogP contribution in [0, 0.1) is 0 Å². The number of hydrogen-bond donors (Lipinski definition) is 1. The lowest BCUT2D eigenvalue weighted by Crippen LogP contribution is -2.35. The van der Waals surface area contributed by atoms with Crippen molar-refractivity contribution in [3.05, 3.63) is 39.7 Å². The number of carbonyl (C=O) groups excluding carboxylic acids is 2. The highest BCUT2D eigenvalue weighted by atomic mass is 32.2. The van der Waals surface area contributed by atoms with Gasteiger partial charge in [0.05, 0.1) is 22.8 Å². The van der Waals surface area contributed by atoms with Gasteiger partial charge in [-0.25, -0.2) is 18.0 Å². The third-order valence-electron chi connectivity index (χ3n) is 5.38. The van der Waals surface area contributed by atoms with Crippen LogP contribution in [-0.2, 0) is 25.7 Å². The van der Waals surface area contributed by atoms with Gasteiger partial charge >= 0.3 is 12.1 Å². The third-order valence-corrected chi connectivity index (χ3v) is 7.07. The molecule has 0 saturated carbocycles. The first kappa shape index (κ1) is 24.8. The largest absolute Gasteiger partial charge is 0.462 e.